The van der Waals surface area contributed by atoms with Crippen LogP contribution >= 0.6 is 12.2 Å². The zero-order valence-corrected chi connectivity index (χ0v) is 11.3. The zero-order chi connectivity index (χ0) is 13.7. The number of hydrogen-bond acceptors (Lipinski definition) is 2. The first-order valence-electron chi connectivity index (χ1n) is 5.86. The van der Waals surface area contributed by atoms with E-state index >= 15 is 0 Å². The molecule has 3 nitrogen and oxygen atoms in total. The molecule has 5 heteroatoms. The second-order valence-electron chi connectivity index (χ2n) is 4.10. The molecule has 0 aliphatic carbocycles. The van der Waals surface area contributed by atoms with Gasteiger partial charge in [-0.25, -0.2) is 9.37 Å². The number of pyridine rings is 1. The van der Waals surface area contributed by atoms with Crippen molar-refractivity contribution in [3.63, 3.8) is 0 Å². The molecule has 0 unspecified atom stereocenters. The Kier molecular flexibility index (Phi) is 4.41. The van der Waals surface area contributed by atoms with E-state index in [0.29, 0.717) is 11.7 Å². The molecule has 2 N–H and O–H groups in total. The maximum atomic E-state index is 12.8. The standard InChI is InChI=1S/C14H14FN3S/c1-10-3-2-8-16-13(10)18-14(19)17-9-11-4-6-12(15)7-5-11/h2-8H,9H2,1H3,(H2,16,17,18,19). The number of thiocarbonyl (C=S) groups is 1. The van der Waals surface area contributed by atoms with Crippen LogP contribution in [0.15, 0.2) is 42.6 Å². The van der Waals surface area contributed by atoms with Gasteiger partial charge in [-0.2, -0.15) is 0 Å². The fourth-order valence-electron chi connectivity index (χ4n) is 1.55. The Morgan fingerprint density at radius 3 is 2.68 bits per heavy atom. The molecule has 0 aliphatic heterocycles. The summed E-state index contributed by atoms with van der Waals surface area (Å²) < 4.78 is 12.8. The smallest absolute Gasteiger partial charge is 0.172 e. The normalized spacial score (nSPS) is 10.0. The van der Waals surface area contributed by atoms with Crippen LogP contribution in [-0.4, -0.2) is 10.1 Å². The highest BCUT2D eigenvalue weighted by Gasteiger charge is 2.01. The molecule has 0 saturated carbocycles. The van der Waals surface area contributed by atoms with E-state index in [1.165, 1.54) is 12.1 Å². The third-order valence-electron chi connectivity index (χ3n) is 2.61. The van der Waals surface area contributed by atoms with Crippen molar-refractivity contribution in [1.29, 1.82) is 0 Å². The molecule has 98 valence electrons. The van der Waals surface area contributed by atoms with Gasteiger partial charge in [0.25, 0.3) is 0 Å². The van der Waals surface area contributed by atoms with E-state index in [-0.39, 0.29) is 5.82 Å². The minimum Gasteiger partial charge on any atom is -0.358 e. The van der Waals surface area contributed by atoms with Gasteiger partial charge in [0.05, 0.1) is 0 Å². The van der Waals surface area contributed by atoms with Gasteiger partial charge in [0.15, 0.2) is 5.11 Å². The third-order valence-corrected chi connectivity index (χ3v) is 2.85. The Bertz CT molecular complexity index is 569. The monoisotopic (exact) mass is 275 g/mol. The van der Waals surface area contributed by atoms with E-state index in [0.717, 1.165) is 16.9 Å². The second-order valence-corrected chi connectivity index (χ2v) is 4.51. The minimum absolute atomic E-state index is 0.242. The maximum absolute atomic E-state index is 12.8. The largest absolute Gasteiger partial charge is 0.358 e. The summed E-state index contributed by atoms with van der Waals surface area (Å²) in [5, 5.41) is 6.57. The van der Waals surface area contributed by atoms with E-state index in [4.69, 9.17) is 12.2 Å². The molecule has 2 aromatic rings. The second kappa shape index (κ2) is 6.24. The molecular formula is C14H14FN3S. The van der Waals surface area contributed by atoms with Crippen LogP contribution in [0.4, 0.5) is 10.2 Å². The Morgan fingerprint density at radius 2 is 2.00 bits per heavy atom. The molecule has 2 rings (SSSR count). The molecule has 19 heavy (non-hydrogen) atoms. The predicted octanol–water partition coefficient (Wildman–Crippen LogP) is 3.02. The summed E-state index contributed by atoms with van der Waals surface area (Å²) in [5.41, 5.74) is 1.98. The summed E-state index contributed by atoms with van der Waals surface area (Å²) in [5.74, 6) is 0.493. The number of nitrogens with zero attached hydrogens (tertiary/aromatic N) is 1. The fraction of sp³-hybridized carbons (Fsp3) is 0.143. The SMILES string of the molecule is Cc1cccnc1NC(=S)NCc1ccc(F)cc1. The number of halogens is 1. The molecule has 0 spiro atoms. The number of aromatic nitrogens is 1. The Hall–Kier alpha value is -2.01. The first-order valence-corrected chi connectivity index (χ1v) is 6.27. The van der Waals surface area contributed by atoms with Crippen molar-refractivity contribution in [2.45, 2.75) is 13.5 Å². The van der Waals surface area contributed by atoms with Crippen LogP contribution in [0.25, 0.3) is 0 Å². The highest BCUT2D eigenvalue weighted by molar-refractivity contribution is 7.80. The minimum atomic E-state index is -0.242. The molecule has 0 radical (unpaired) electrons. The molecule has 1 aromatic carbocycles. The van der Waals surface area contributed by atoms with Crippen molar-refractivity contribution in [2.75, 3.05) is 5.32 Å². The predicted molar refractivity (Wildman–Crippen MR) is 78.4 cm³/mol. The summed E-state index contributed by atoms with van der Waals surface area (Å²) in [6.45, 7) is 2.50. The van der Waals surface area contributed by atoms with Crippen molar-refractivity contribution >= 4 is 23.1 Å². The van der Waals surface area contributed by atoms with E-state index in [1.54, 1.807) is 18.3 Å². The highest BCUT2D eigenvalue weighted by Crippen LogP contribution is 2.09. The number of rotatable bonds is 3. The summed E-state index contributed by atoms with van der Waals surface area (Å²) in [7, 11) is 0. The Morgan fingerprint density at radius 1 is 1.26 bits per heavy atom. The lowest BCUT2D eigenvalue weighted by Crippen LogP contribution is -2.28. The lowest BCUT2D eigenvalue weighted by Gasteiger charge is -2.11. The van der Waals surface area contributed by atoms with Crippen molar-refractivity contribution < 1.29 is 4.39 Å². The van der Waals surface area contributed by atoms with Gasteiger partial charge in [-0.05, 0) is 48.5 Å². The number of nitrogens with one attached hydrogen (secondary N) is 2. The molecule has 0 atom stereocenters. The van der Waals surface area contributed by atoms with Crippen LogP contribution in [0, 0.1) is 12.7 Å². The van der Waals surface area contributed by atoms with Crippen LogP contribution in [0.1, 0.15) is 11.1 Å². The van der Waals surface area contributed by atoms with Gasteiger partial charge in [-0.1, -0.05) is 18.2 Å². The zero-order valence-electron chi connectivity index (χ0n) is 10.5. The molecule has 1 heterocycles. The van der Waals surface area contributed by atoms with Gasteiger partial charge in [-0.15, -0.1) is 0 Å². The van der Waals surface area contributed by atoms with Gasteiger partial charge in [-0.3, -0.25) is 0 Å². The van der Waals surface area contributed by atoms with Gasteiger partial charge < -0.3 is 10.6 Å². The first-order chi connectivity index (χ1) is 9.15. The third kappa shape index (κ3) is 3.99. The maximum Gasteiger partial charge on any atom is 0.172 e. The summed E-state index contributed by atoms with van der Waals surface area (Å²) in [6, 6.07) is 10.1. The molecule has 0 bridgehead atoms. The van der Waals surface area contributed by atoms with Crippen molar-refractivity contribution in [1.82, 2.24) is 10.3 Å². The molecule has 0 amide bonds. The fourth-order valence-corrected chi connectivity index (χ4v) is 1.72. The number of hydrogen-bond donors (Lipinski definition) is 2. The van der Waals surface area contributed by atoms with Crippen LogP contribution in [-0.2, 0) is 6.54 Å². The molecule has 0 aliphatic rings. The topological polar surface area (TPSA) is 37.0 Å². The van der Waals surface area contributed by atoms with Crippen molar-refractivity contribution in [3.8, 4) is 0 Å². The van der Waals surface area contributed by atoms with E-state index in [1.807, 2.05) is 19.1 Å². The van der Waals surface area contributed by atoms with E-state index < -0.39 is 0 Å². The average Bonchev–Trinajstić information content (AvgIpc) is 2.41. The van der Waals surface area contributed by atoms with Crippen LogP contribution in [0.5, 0.6) is 0 Å². The van der Waals surface area contributed by atoms with Gasteiger partial charge in [0.2, 0.25) is 0 Å². The van der Waals surface area contributed by atoms with Crippen LogP contribution in [0.3, 0.4) is 0 Å². The number of aryl methyl sites for hydroxylation is 1. The van der Waals surface area contributed by atoms with E-state index in [2.05, 4.69) is 15.6 Å². The van der Waals surface area contributed by atoms with Gasteiger partial charge in [0.1, 0.15) is 11.6 Å². The lowest BCUT2D eigenvalue weighted by molar-refractivity contribution is 0.627. The van der Waals surface area contributed by atoms with Gasteiger partial charge >= 0.3 is 0 Å². The van der Waals surface area contributed by atoms with Crippen LogP contribution in [0.2, 0.25) is 0 Å². The molecular weight excluding hydrogens is 261 g/mol. The number of benzene rings is 1. The van der Waals surface area contributed by atoms with Gasteiger partial charge in [0, 0.05) is 12.7 Å². The quantitative estimate of drug-likeness (QED) is 0.844. The highest BCUT2D eigenvalue weighted by atomic mass is 32.1. The molecule has 0 saturated heterocycles. The van der Waals surface area contributed by atoms with Crippen molar-refractivity contribution in [3.05, 3.63) is 59.5 Å². The summed E-state index contributed by atoms with van der Waals surface area (Å²) in [6.07, 6.45) is 1.71. The Balaban J connectivity index is 1.88. The lowest BCUT2D eigenvalue weighted by atomic mass is 10.2. The van der Waals surface area contributed by atoms with Crippen LogP contribution < -0.4 is 10.6 Å². The van der Waals surface area contributed by atoms with Crippen molar-refractivity contribution in [2.24, 2.45) is 0 Å². The molecule has 1 aromatic heterocycles. The van der Waals surface area contributed by atoms with E-state index in [9.17, 15) is 4.39 Å². The summed E-state index contributed by atoms with van der Waals surface area (Å²) in [4.78, 5) is 4.20. The average molecular weight is 275 g/mol. The Labute approximate surface area is 116 Å². The molecule has 0 fully saturated rings. The number of anilines is 1. The first kappa shape index (κ1) is 13.4. The summed E-state index contributed by atoms with van der Waals surface area (Å²) >= 11 is 5.18.